The van der Waals surface area contributed by atoms with Crippen molar-refractivity contribution in [1.82, 2.24) is 25.5 Å². The number of fused-ring (bicyclic) bond motifs is 1. The highest BCUT2D eigenvalue weighted by atomic mass is 16.5. The van der Waals surface area contributed by atoms with Crippen LogP contribution in [0.1, 0.15) is 0 Å². The number of carbonyl (C=O) groups is 2. The second-order valence-electron chi connectivity index (χ2n) is 7.29. The lowest BCUT2D eigenvalue weighted by Crippen LogP contribution is -2.45. The lowest BCUT2D eigenvalue weighted by Gasteiger charge is -2.14. The molecule has 0 radical (unpaired) electrons. The van der Waals surface area contributed by atoms with Gasteiger partial charge in [0.15, 0.2) is 12.6 Å². The van der Waals surface area contributed by atoms with E-state index in [0.29, 0.717) is 23.2 Å². The maximum atomic E-state index is 11.9. The van der Waals surface area contributed by atoms with Crippen LogP contribution in [0.25, 0.3) is 10.9 Å². The molecule has 1 atom stereocenters. The number of amides is 1. The molecule has 12 heteroatoms. The number of H-pyrrole nitrogens is 1. The topological polar surface area (TPSA) is 163 Å². The Morgan fingerprint density at radius 3 is 2.71 bits per heavy atom. The molecule has 12 nitrogen and oxygen atoms in total. The summed E-state index contributed by atoms with van der Waals surface area (Å²) in [5.41, 5.74) is 2.49. The van der Waals surface area contributed by atoms with E-state index < -0.39 is 24.5 Å². The first-order valence-electron chi connectivity index (χ1n) is 10.6. The highest BCUT2D eigenvalue weighted by Crippen LogP contribution is 2.25. The van der Waals surface area contributed by atoms with Crippen LogP contribution in [0.5, 0.6) is 5.75 Å². The molecule has 0 spiro atoms. The van der Waals surface area contributed by atoms with Crippen molar-refractivity contribution in [2.24, 2.45) is 0 Å². The lowest BCUT2D eigenvalue weighted by atomic mass is 10.2. The quantitative estimate of drug-likeness (QED) is 0.213. The minimum Gasteiger partial charge on any atom is -0.484 e. The van der Waals surface area contributed by atoms with E-state index in [0.717, 1.165) is 16.6 Å². The minimum atomic E-state index is -1.14. The van der Waals surface area contributed by atoms with Gasteiger partial charge < -0.3 is 30.5 Å². The zero-order valence-corrected chi connectivity index (χ0v) is 18.7. The molecule has 4 rings (SSSR count). The van der Waals surface area contributed by atoms with Crippen molar-refractivity contribution in [2.75, 3.05) is 31.0 Å². The summed E-state index contributed by atoms with van der Waals surface area (Å²) in [7, 11) is 1.17. The summed E-state index contributed by atoms with van der Waals surface area (Å²) in [6.45, 7) is -0.906. The molecule has 180 valence electrons. The van der Waals surface area contributed by atoms with E-state index in [9.17, 15) is 9.59 Å². The Labute approximate surface area is 199 Å². The maximum absolute atomic E-state index is 11.9. The zero-order valence-electron chi connectivity index (χ0n) is 18.7. The largest absolute Gasteiger partial charge is 0.484 e. The number of hydrogen-bond acceptors (Lipinski definition) is 10. The van der Waals surface area contributed by atoms with Gasteiger partial charge in [0, 0.05) is 17.3 Å². The summed E-state index contributed by atoms with van der Waals surface area (Å²) >= 11 is 0. The normalized spacial score (nSPS) is 11.5. The number of hydrogen-bond donors (Lipinski definition) is 5. The average Bonchev–Trinajstić information content (AvgIpc) is 3.37. The van der Waals surface area contributed by atoms with E-state index in [1.54, 1.807) is 42.7 Å². The van der Waals surface area contributed by atoms with Crippen molar-refractivity contribution in [1.29, 1.82) is 0 Å². The second kappa shape index (κ2) is 10.9. The fraction of sp³-hybridized carbons (Fsp3) is 0.174. The average molecular weight is 477 g/mol. The Bertz CT molecular complexity index is 1310. The molecule has 0 saturated carbocycles. The summed E-state index contributed by atoms with van der Waals surface area (Å²) in [5, 5.41) is 25.8. The van der Waals surface area contributed by atoms with E-state index in [2.05, 4.69) is 40.9 Å². The van der Waals surface area contributed by atoms with Gasteiger partial charge in [0.2, 0.25) is 5.95 Å². The molecule has 2 aromatic heterocycles. The molecule has 1 unspecified atom stereocenters. The molecule has 35 heavy (non-hydrogen) atoms. The molecular formula is C23H23N7O5. The number of methoxy groups -OCH3 is 1. The van der Waals surface area contributed by atoms with E-state index in [1.807, 2.05) is 18.2 Å². The van der Waals surface area contributed by atoms with E-state index in [4.69, 9.17) is 9.84 Å². The molecule has 4 aromatic rings. The number of anilines is 4. The molecular weight excluding hydrogens is 454 g/mol. The van der Waals surface area contributed by atoms with Crippen LogP contribution in [0.15, 0.2) is 60.9 Å². The maximum Gasteiger partial charge on any atom is 0.330 e. The fourth-order valence-electron chi connectivity index (χ4n) is 3.17. The first-order chi connectivity index (χ1) is 17.1. The fourth-order valence-corrected chi connectivity index (χ4v) is 3.17. The van der Waals surface area contributed by atoms with E-state index in [1.165, 1.54) is 7.11 Å². The number of aromatic nitrogens is 4. The molecule has 2 aromatic carbocycles. The summed E-state index contributed by atoms with van der Waals surface area (Å²) in [5.74, 6) is 0.126. The van der Waals surface area contributed by atoms with Gasteiger partial charge in [-0.1, -0.05) is 6.07 Å². The van der Waals surface area contributed by atoms with Gasteiger partial charge in [-0.25, -0.2) is 9.78 Å². The van der Waals surface area contributed by atoms with Crippen molar-refractivity contribution in [3.05, 3.63) is 60.9 Å². The van der Waals surface area contributed by atoms with Crippen LogP contribution in [-0.4, -0.2) is 63.5 Å². The standard InChI is InChI=1S/C23H23N7O5/c1-34-22(33)19(12-31)28-21(32)13-35-15-7-5-14(6-8-15)26-23-24-10-9-20(29-23)27-17-3-2-4-18-16(17)11-25-30-18/h2-11,19,31H,12-13H2,1H3,(H,25,30)(H,28,32)(H2,24,26,27,29). The highest BCUT2D eigenvalue weighted by Gasteiger charge is 2.20. The van der Waals surface area contributed by atoms with Gasteiger partial charge in [-0.2, -0.15) is 10.1 Å². The van der Waals surface area contributed by atoms with Crippen molar-refractivity contribution in [2.45, 2.75) is 6.04 Å². The van der Waals surface area contributed by atoms with Crippen LogP contribution in [0.4, 0.5) is 23.1 Å². The molecule has 0 aliphatic carbocycles. The van der Waals surface area contributed by atoms with Crippen molar-refractivity contribution >= 4 is 45.9 Å². The van der Waals surface area contributed by atoms with Crippen LogP contribution in [-0.2, 0) is 14.3 Å². The number of carbonyl (C=O) groups excluding carboxylic acids is 2. The summed E-state index contributed by atoms with van der Waals surface area (Å²) in [6.07, 6.45) is 3.38. The third-order valence-electron chi connectivity index (χ3n) is 4.89. The van der Waals surface area contributed by atoms with Crippen LogP contribution >= 0.6 is 0 Å². The van der Waals surface area contributed by atoms with Gasteiger partial charge in [0.05, 0.1) is 31.1 Å². The lowest BCUT2D eigenvalue weighted by molar-refractivity contribution is -0.146. The summed E-state index contributed by atoms with van der Waals surface area (Å²) in [4.78, 5) is 32.1. The number of esters is 1. The predicted molar refractivity (Wildman–Crippen MR) is 128 cm³/mol. The molecule has 5 N–H and O–H groups in total. The van der Waals surface area contributed by atoms with E-state index in [-0.39, 0.29) is 6.61 Å². The van der Waals surface area contributed by atoms with Crippen LogP contribution in [0.3, 0.4) is 0 Å². The summed E-state index contributed by atoms with van der Waals surface area (Å²) < 4.78 is 9.92. The summed E-state index contributed by atoms with van der Waals surface area (Å²) in [6, 6.07) is 13.2. The number of ether oxygens (including phenoxy) is 2. The van der Waals surface area contributed by atoms with Crippen LogP contribution < -0.4 is 20.7 Å². The van der Waals surface area contributed by atoms with Gasteiger partial charge in [0.25, 0.3) is 5.91 Å². The molecule has 2 heterocycles. The Morgan fingerprint density at radius 2 is 1.94 bits per heavy atom. The smallest absolute Gasteiger partial charge is 0.330 e. The van der Waals surface area contributed by atoms with Gasteiger partial charge in [-0.15, -0.1) is 0 Å². The Balaban J connectivity index is 1.33. The van der Waals surface area contributed by atoms with Gasteiger partial charge in [-0.05, 0) is 42.5 Å². The number of nitrogens with zero attached hydrogens (tertiary/aromatic N) is 3. The number of nitrogens with one attached hydrogen (secondary N) is 4. The molecule has 0 aliphatic heterocycles. The highest BCUT2D eigenvalue weighted by molar-refractivity contribution is 5.92. The predicted octanol–water partition coefficient (Wildman–Crippen LogP) is 1.87. The van der Waals surface area contributed by atoms with Crippen molar-refractivity contribution in [3.63, 3.8) is 0 Å². The zero-order chi connectivity index (χ0) is 24.6. The van der Waals surface area contributed by atoms with Crippen molar-refractivity contribution in [3.8, 4) is 5.75 Å². The second-order valence-corrected chi connectivity index (χ2v) is 7.29. The molecule has 0 aliphatic rings. The molecule has 0 fully saturated rings. The number of aliphatic hydroxyl groups is 1. The molecule has 0 bridgehead atoms. The minimum absolute atomic E-state index is 0.333. The van der Waals surface area contributed by atoms with Gasteiger partial charge in [-0.3, -0.25) is 9.89 Å². The SMILES string of the molecule is COC(=O)C(CO)NC(=O)COc1ccc(Nc2nccc(Nc3cccc4[nH]ncc34)n2)cc1. The van der Waals surface area contributed by atoms with Gasteiger partial charge >= 0.3 is 5.97 Å². The Morgan fingerprint density at radius 1 is 1.11 bits per heavy atom. The Kier molecular flexibility index (Phi) is 7.33. The molecule has 1 amide bonds. The van der Waals surface area contributed by atoms with E-state index >= 15 is 0 Å². The number of aromatic amines is 1. The number of rotatable bonds is 10. The first kappa shape index (κ1) is 23.4. The Hall–Kier alpha value is -4.71. The van der Waals surface area contributed by atoms with Crippen LogP contribution in [0, 0.1) is 0 Å². The number of aliphatic hydroxyl groups excluding tert-OH is 1. The first-order valence-corrected chi connectivity index (χ1v) is 10.6. The molecule has 0 saturated heterocycles. The van der Waals surface area contributed by atoms with Crippen molar-refractivity contribution < 1.29 is 24.2 Å². The monoisotopic (exact) mass is 477 g/mol. The third kappa shape index (κ3) is 6.00. The van der Waals surface area contributed by atoms with Crippen LogP contribution in [0.2, 0.25) is 0 Å². The van der Waals surface area contributed by atoms with Gasteiger partial charge in [0.1, 0.15) is 11.6 Å². The third-order valence-corrected chi connectivity index (χ3v) is 4.89. The number of benzene rings is 2.